The highest BCUT2D eigenvalue weighted by atomic mass is 19.4. The Kier molecular flexibility index (Phi) is 4.45. The zero-order chi connectivity index (χ0) is 13.9. The summed E-state index contributed by atoms with van der Waals surface area (Å²) in [5.41, 5.74) is 0.673. The molecule has 1 nitrogen and oxygen atoms in total. The van der Waals surface area contributed by atoms with Crippen LogP contribution in [0.2, 0.25) is 0 Å². The Balaban J connectivity index is 1.97. The zero-order valence-corrected chi connectivity index (χ0v) is 10.5. The predicted molar refractivity (Wildman–Crippen MR) is 65.0 cm³/mol. The van der Waals surface area contributed by atoms with Crippen molar-refractivity contribution in [2.45, 2.75) is 44.4 Å². The third kappa shape index (κ3) is 3.93. The third-order valence-electron chi connectivity index (χ3n) is 3.64. The summed E-state index contributed by atoms with van der Waals surface area (Å²) in [4.78, 5) is 0. The highest BCUT2D eigenvalue weighted by Gasteiger charge is 2.45. The highest BCUT2D eigenvalue weighted by molar-refractivity contribution is 5.16. The van der Waals surface area contributed by atoms with Gasteiger partial charge in [-0.2, -0.15) is 13.2 Å². The molecule has 0 spiro atoms. The molecule has 0 saturated heterocycles. The van der Waals surface area contributed by atoms with Gasteiger partial charge in [0.2, 0.25) is 0 Å². The van der Waals surface area contributed by atoms with Gasteiger partial charge < -0.3 is 5.32 Å². The summed E-state index contributed by atoms with van der Waals surface area (Å²) < 4.78 is 51.6. The van der Waals surface area contributed by atoms with Gasteiger partial charge in [-0.3, -0.25) is 0 Å². The standard InChI is InChI=1S/C14H17F4N/c15-11-5-3-4-10(8-11)9-19-13-7-2-1-6-12(13)14(16,17)18/h3-5,8,12-13,19H,1-2,6-7,9H2. The Labute approximate surface area is 110 Å². The normalized spacial score (nSPS) is 24.4. The van der Waals surface area contributed by atoms with Crippen LogP contribution in [-0.2, 0) is 6.54 Å². The van der Waals surface area contributed by atoms with Gasteiger partial charge in [-0.1, -0.05) is 25.0 Å². The maximum Gasteiger partial charge on any atom is 0.393 e. The summed E-state index contributed by atoms with van der Waals surface area (Å²) in [6, 6.07) is 5.38. The molecule has 1 fully saturated rings. The molecule has 1 aliphatic rings. The smallest absolute Gasteiger partial charge is 0.309 e. The van der Waals surface area contributed by atoms with Crippen LogP contribution in [0.5, 0.6) is 0 Å². The minimum Gasteiger partial charge on any atom is -0.309 e. The van der Waals surface area contributed by atoms with Gasteiger partial charge in [-0.15, -0.1) is 0 Å². The summed E-state index contributed by atoms with van der Waals surface area (Å²) in [5, 5.41) is 2.94. The summed E-state index contributed by atoms with van der Waals surface area (Å²) in [6.07, 6.45) is -2.00. The van der Waals surface area contributed by atoms with Crippen molar-refractivity contribution in [3.63, 3.8) is 0 Å². The SMILES string of the molecule is Fc1cccc(CNC2CCCCC2C(F)(F)F)c1. The van der Waals surface area contributed by atoms with Crippen molar-refractivity contribution in [1.82, 2.24) is 5.32 Å². The van der Waals surface area contributed by atoms with Gasteiger partial charge in [0.25, 0.3) is 0 Å². The minimum absolute atomic E-state index is 0.185. The van der Waals surface area contributed by atoms with E-state index < -0.39 is 18.1 Å². The molecule has 2 rings (SSSR count). The lowest BCUT2D eigenvalue weighted by Crippen LogP contribution is -2.45. The van der Waals surface area contributed by atoms with Crippen molar-refractivity contribution in [2.75, 3.05) is 0 Å². The zero-order valence-electron chi connectivity index (χ0n) is 10.5. The first-order valence-corrected chi connectivity index (χ1v) is 6.51. The molecular weight excluding hydrogens is 258 g/mol. The Morgan fingerprint density at radius 2 is 1.89 bits per heavy atom. The molecular formula is C14H17F4N. The van der Waals surface area contributed by atoms with Crippen molar-refractivity contribution in [3.8, 4) is 0 Å². The second-order valence-corrected chi connectivity index (χ2v) is 5.05. The molecule has 0 heterocycles. The van der Waals surface area contributed by atoms with Crippen LogP contribution >= 0.6 is 0 Å². The van der Waals surface area contributed by atoms with Crippen molar-refractivity contribution in [2.24, 2.45) is 5.92 Å². The molecule has 1 N–H and O–H groups in total. The maximum atomic E-state index is 13.0. The fraction of sp³-hybridized carbons (Fsp3) is 0.571. The number of benzene rings is 1. The van der Waals surface area contributed by atoms with Crippen molar-refractivity contribution < 1.29 is 17.6 Å². The van der Waals surface area contributed by atoms with E-state index in [-0.39, 0.29) is 18.8 Å². The Bertz CT molecular complexity index is 416. The van der Waals surface area contributed by atoms with E-state index in [0.717, 1.165) is 6.42 Å². The topological polar surface area (TPSA) is 12.0 Å². The van der Waals surface area contributed by atoms with Gasteiger partial charge in [-0.25, -0.2) is 4.39 Å². The number of alkyl halides is 3. The quantitative estimate of drug-likeness (QED) is 0.821. The van der Waals surface area contributed by atoms with E-state index in [4.69, 9.17) is 0 Å². The Hall–Kier alpha value is -1.10. The highest BCUT2D eigenvalue weighted by Crippen LogP contribution is 2.37. The van der Waals surface area contributed by atoms with Crippen LogP contribution in [0, 0.1) is 11.7 Å². The molecule has 0 aliphatic heterocycles. The van der Waals surface area contributed by atoms with E-state index >= 15 is 0 Å². The summed E-state index contributed by atoms with van der Waals surface area (Å²) in [7, 11) is 0. The first kappa shape index (κ1) is 14.3. The average molecular weight is 275 g/mol. The van der Waals surface area contributed by atoms with E-state index in [1.54, 1.807) is 12.1 Å². The van der Waals surface area contributed by atoms with Crippen LogP contribution in [0.4, 0.5) is 17.6 Å². The Morgan fingerprint density at radius 3 is 2.58 bits per heavy atom. The van der Waals surface area contributed by atoms with Crippen LogP contribution in [0.3, 0.4) is 0 Å². The van der Waals surface area contributed by atoms with Gasteiger partial charge in [-0.05, 0) is 30.5 Å². The van der Waals surface area contributed by atoms with Crippen LogP contribution in [0.1, 0.15) is 31.2 Å². The fourth-order valence-corrected chi connectivity index (χ4v) is 2.66. The number of rotatable bonds is 3. The monoisotopic (exact) mass is 275 g/mol. The van der Waals surface area contributed by atoms with Crippen molar-refractivity contribution >= 4 is 0 Å². The van der Waals surface area contributed by atoms with Crippen LogP contribution in [-0.4, -0.2) is 12.2 Å². The van der Waals surface area contributed by atoms with E-state index in [2.05, 4.69) is 5.32 Å². The molecule has 1 aromatic rings. The molecule has 1 saturated carbocycles. The second kappa shape index (κ2) is 5.90. The van der Waals surface area contributed by atoms with Crippen LogP contribution in [0.15, 0.2) is 24.3 Å². The molecule has 0 radical (unpaired) electrons. The van der Waals surface area contributed by atoms with Gasteiger partial charge in [0, 0.05) is 12.6 Å². The van der Waals surface area contributed by atoms with E-state index in [0.29, 0.717) is 18.4 Å². The lowest BCUT2D eigenvalue weighted by atomic mass is 9.84. The van der Waals surface area contributed by atoms with Crippen LogP contribution in [0.25, 0.3) is 0 Å². The molecule has 2 unspecified atom stereocenters. The fourth-order valence-electron chi connectivity index (χ4n) is 2.66. The van der Waals surface area contributed by atoms with Gasteiger partial charge >= 0.3 is 6.18 Å². The minimum atomic E-state index is -4.15. The van der Waals surface area contributed by atoms with Crippen LogP contribution < -0.4 is 5.32 Å². The predicted octanol–water partition coefficient (Wildman–Crippen LogP) is 4.04. The molecule has 106 valence electrons. The molecule has 1 aromatic carbocycles. The molecule has 5 heteroatoms. The van der Waals surface area contributed by atoms with E-state index in [1.807, 2.05) is 0 Å². The molecule has 0 aromatic heterocycles. The summed E-state index contributed by atoms with van der Waals surface area (Å²) in [5.74, 6) is -1.65. The number of nitrogens with one attached hydrogen (secondary N) is 1. The first-order chi connectivity index (χ1) is 8.97. The molecule has 1 aliphatic carbocycles. The van der Waals surface area contributed by atoms with Gasteiger partial charge in [0.1, 0.15) is 5.82 Å². The first-order valence-electron chi connectivity index (χ1n) is 6.51. The largest absolute Gasteiger partial charge is 0.393 e. The number of hydrogen-bond donors (Lipinski definition) is 1. The Morgan fingerprint density at radius 1 is 1.16 bits per heavy atom. The lowest BCUT2D eigenvalue weighted by molar-refractivity contribution is -0.189. The van der Waals surface area contributed by atoms with Crippen molar-refractivity contribution in [1.29, 1.82) is 0 Å². The van der Waals surface area contributed by atoms with Crippen molar-refractivity contribution in [3.05, 3.63) is 35.6 Å². The average Bonchev–Trinajstić information content (AvgIpc) is 2.36. The second-order valence-electron chi connectivity index (χ2n) is 5.05. The van der Waals surface area contributed by atoms with Gasteiger partial charge in [0.05, 0.1) is 5.92 Å². The maximum absolute atomic E-state index is 13.0. The number of halogens is 4. The molecule has 2 atom stereocenters. The van der Waals surface area contributed by atoms with E-state index in [9.17, 15) is 17.6 Å². The third-order valence-corrected chi connectivity index (χ3v) is 3.64. The number of hydrogen-bond acceptors (Lipinski definition) is 1. The summed E-state index contributed by atoms with van der Waals surface area (Å²) in [6.45, 7) is 0.273. The molecule has 19 heavy (non-hydrogen) atoms. The van der Waals surface area contributed by atoms with E-state index in [1.165, 1.54) is 12.1 Å². The molecule has 0 bridgehead atoms. The lowest BCUT2D eigenvalue weighted by Gasteiger charge is -2.33. The van der Waals surface area contributed by atoms with Gasteiger partial charge in [0.15, 0.2) is 0 Å². The summed E-state index contributed by atoms with van der Waals surface area (Å²) >= 11 is 0. The molecule has 0 amide bonds.